The number of hydrogen-bond acceptors (Lipinski definition) is 7. The van der Waals surface area contributed by atoms with Gasteiger partial charge in [-0.2, -0.15) is 0 Å². The van der Waals surface area contributed by atoms with Crippen LogP contribution >= 0.6 is 0 Å². The highest BCUT2D eigenvalue weighted by molar-refractivity contribution is 6.10. The van der Waals surface area contributed by atoms with Crippen molar-refractivity contribution in [3.05, 3.63) is 71.6 Å². The molecular weight excluding hydrogens is 586 g/mol. The molecule has 1 atom stereocenters. The lowest BCUT2D eigenvalue weighted by atomic mass is 9.92. The first-order chi connectivity index (χ1) is 21.6. The third-order valence-electron chi connectivity index (χ3n) is 7.45. The van der Waals surface area contributed by atoms with E-state index in [2.05, 4.69) is 16.2 Å². The predicted octanol–water partition coefficient (Wildman–Crippen LogP) is 6.05. The van der Waals surface area contributed by atoms with Crippen molar-refractivity contribution in [1.29, 1.82) is 0 Å². The number of fused-ring (bicyclic) bond motifs is 1. The molecule has 0 aliphatic heterocycles. The minimum Gasteiger partial charge on any atom is -0.493 e. The second-order valence-corrected chi connectivity index (χ2v) is 10.8. The van der Waals surface area contributed by atoms with Crippen molar-refractivity contribution < 1.29 is 42.5 Å². The quantitative estimate of drug-likeness (QED) is 0.0811. The summed E-state index contributed by atoms with van der Waals surface area (Å²) in [5.41, 5.74) is 0.0465. The molecule has 1 amide bonds. The van der Waals surface area contributed by atoms with Crippen molar-refractivity contribution >= 4 is 28.6 Å². The normalized spacial score (nSPS) is 17.4. The zero-order valence-electron chi connectivity index (χ0n) is 25.0. The fourth-order valence-electron chi connectivity index (χ4n) is 4.78. The lowest BCUT2D eigenvalue weighted by molar-refractivity contribution is -0.137. The molecule has 0 radical (unpaired) electrons. The molecule has 1 unspecified atom stereocenters. The third-order valence-corrected chi connectivity index (χ3v) is 7.45. The Morgan fingerprint density at radius 1 is 1.22 bits per heavy atom. The van der Waals surface area contributed by atoms with Crippen LogP contribution in [0.4, 0.5) is 8.78 Å². The van der Waals surface area contributed by atoms with Crippen molar-refractivity contribution in [3.8, 4) is 29.6 Å². The molecule has 1 fully saturated rings. The summed E-state index contributed by atoms with van der Waals surface area (Å²) in [6.45, 7) is 1.74. The monoisotopic (exact) mass is 620 g/mol. The third kappa shape index (κ3) is 8.35. The Bertz CT molecular complexity index is 1650. The Hall–Kier alpha value is -4.98. The van der Waals surface area contributed by atoms with Crippen LogP contribution in [-0.4, -0.2) is 47.6 Å². The standard InChI is InChI=1S/C34H34F2N2O7/c1-4-27(25(36)17-21(2)38-33(42)34(13-14-34)31(39)18-22-8-10-23(35)11-9-22)45-28-12-15-37-26-20-30(29(43-3)19-24(26)28)44-16-6-5-7-32(40)41/h1,8-10,12,15,17,19-20,23H,5-7,11,13-14,16,18H2,2-3H3,(H,38,42)(H,40,41)/b21-17+,27-25-. The van der Waals surface area contributed by atoms with Gasteiger partial charge in [-0.3, -0.25) is 19.4 Å². The number of pyridine rings is 1. The fourth-order valence-corrected chi connectivity index (χ4v) is 4.78. The Balaban J connectivity index is 1.45. The number of aliphatic carboxylic acids is 1. The molecule has 1 heterocycles. The first kappa shape index (κ1) is 32.9. The molecule has 2 aliphatic carbocycles. The number of hydrogen-bond donors (Lipinski definition) is 2. The van der Waals surface area contributed by atoms with Crippen LogP contribution in [0.1, 0.15) is 51.9 Å². The number of Topliss-reactive ketones (excluding diaryl/α,β-unsaturated/α-hetero) is 1. The van der Waals surface area contributed by atoms with E-state index in [1.165, 1.54) is 32.4 Å². The van der Waals surface area contributed by atoms with Crippen LogP contribution < -0.4 is 19.5 Å². The van der Waals surface area contributed by atoms with E-state index >= 15 is 4.39 Å². The highest BCUT2D eigenvalue weighted by atomic mass is 19.1. The molecule has 1 aromatic heterocycles. The number of alkyl halides is 1. The maximum atomic E-state index is 15.3. The summed E-state index contributed by atoms with van der Waals surface area (Å²) in [5, 5.41) is 11.8. The van der Waals surface area contributed by atoms with E-state index in [9.17, 15) is 18.8 Å². The number of nitrogens with zero attached hydrogens (tertiary/aromatic N) is 1. The maximum Gasteiger partial charge on any atom is 0.303 e. The van der Waals surface area contributed by atoms with E-state index in [0.29, 0.717) is 53.7 Å². The summed E-state index contributed by atoms with van der Waals surface area (Å²) in [5.74, 6) is 0.0732. The Morgan fingerprint density at radius 2 is 2.00 bits per heavy atom. The first-order valence-electron chi connectivity index (χ1n) is 14.5. The number of amides is 1. The van der Waals surface area contributed by atoms with Crippen LogP contribution in [0.15, 0.2) is 71.6 Å². The van der Waals surface area contributed by atoms with Crippen LogP contribution in [0.25, 0.3) is 10.9 Å². The summed E-state index contributed by atoms with van der Waals surface area (Å²) >= 11 is 0. The lowest BCUT2D eigenvalue weighted by Gasteiger charge is -2.16. The minimum atomic E-state index is -1.20. The maximum absolute atomic E-state index is 15.3. The molecule has 45 heavy (non-hydrogen) atoms. The van der Waals surface area contributed by atoms with Gasteiger partial charge in [-0.1, -0.05) is 18.2 Å². The number of carboxylic acids is 1. The number of methoxy groups -OCH3 is 1. The van der Waals surface area contributed by atoms with Crippen LogP contribution in [0.3, 0.4) is 0 Å². The molecule has 0 saturated heterocycles. The molecule has 0 bridgehead atoms. The molecule has 2 aliphatic rings. The molecular formula is C34H34F2N2O7. The number of allylic oxidation sites excluding steroid dienone is 8. The summed E-state index contributed by atoms with van der Waals surface area (Å²) in [7, 11) is 1.45. The van der Waals surface area contributed by atoms with Crippen LogP contribution in [-0.2, 0) is 14.4 Å². The van der Waals surface area contributed by atoms with Gasteiger partial charge in [0.05, 0.1) is 19.2 Å². The summed E-state index contributed by atoms with van der Waals surface area (Å²) in [6.07, 6.45) is 13.6. The summed E-state index contributed by atoms with van der Waals surface area (Å²) in [6, 6.07) is 4.74. The number of carbonyl (C=O) groups excluding carboxylic acids is 2. The molecule has 1 saturated carbocycles. The number of ether oxygens (including phenoxy) is 3. The lowest BCUT2D eigenvalue weighted by Crippen LogP contribution is -2.36. The van der Waals surface area contributed by atoms with E-state index in [1.807, 2.05) is 0 Å². The number of aromatic nitrogens is 1. The average molecular weight is 621 g/mol. The molecule has 4 rings (SSSR count). The van der Waals surface area contributed by atoms with Crippen molar-refractivity contribution in [2.75, 3.05) is 13.7 Å². The first-order valence-corrected chi connectivity index (χ1v) is 14.5. The Morgan fingerprint density at radius 3 is 2.64 bits per heavy atom. The van der Waals surface area contributed by atoms with Gasteiger partial charge < -0.3 is 24.6 Å². The van der Waals surface area contributed by atoms with Crippen molar-refractivity contribution in [2.45, 2.75) is 58.0 Å². The molecule has 1 aromatic carbocycles. The number of benzene rings is 1. The SMILES string of the molecule is C#C/C(Oc1ccnc2cc(OCCCCC(=O)O)c(OC)cc12)=C(F)\C=C(/C)NC(=O)C1(C(=O)CC2=CCC(F)C=C2)CC1. The van der Waals surface area contributed by atoms with Gasteiger partial charge in [0.1, 0.15) is 17.3 Å². The summed E-state index contributed by atoms with van der Waals surface area (Å²) in [4.78, 5) is 41.0. The number of terminal acetylenes is 1. The smallest absolute Gasteiger partial charge is 0.303 e. The minimum absolute atomic E-state index is 0.0217. The average Bonchev–Trinajstić information content (AvgIpc) is 3.82. The van der Waals surface area contributed by atoms with Gasteiger partial charge in [0.2, 0.25) is 11.7 Å². The number of rotatable bonds is 15. The number of ketones is 1. The molecule has 2 N–H and O–H groups in total. The number of nitrogens with one attached hydrogen (secondary N) is 1. The van der Waals surface area contributed by atoms with Gasteiger partial charge in [0.15, 0.2) is 23.1 Å². The van der Waals surface area contributed by atoms with Crippen molar-refractivity contribution in [3.63, 3.8) is 0 Å². The van der Waals surface area contributed by atoms with Gasteiger partial charge in [-0.15, -0.1) is 6.42 Å². The predicted molar refractivity (Wildman–Crippen MR) is 163 cm³/mol. The van der Waals surface area contributed by atoms with Crippen molar-refractivity contribution in [2.24, 2.45) is 5.41 Å². The highest BCUT2D eigenvalue weighted by Gasteiger charge is 2.55. The van der Waals surface area contributed by atoms with E-state index < -0.39 is 35.0 Å². The van der Waals surface area contributed by atoms with Gasteiger partial charge in [0.25, 0.3) is 0 Å². The molecule has 236 valence electrons. The van der Waals surface area contributed by atoms with E-state index in [1.54, 1.807) is 24.3 Å². The van der Waals surface area contributed by atoms with Gasteiger partial charge in [0, 0.05) is 42.6 Å². The van der Waals surface area contributed by atoms with E-state index in [0.717, 1.165) is 6.08 Å². The Labute approximate surface area is 259 Å². The van der Waals surface area contributed by atoms with E-state index in [4.69, 9.17) is 25.7 Å². The zero-order valence-corrected chi connectivity index (χ0v) is 25.0. The van der Waals surface area contributed by atoms with Crippen LogP contribution in [0, 0.1) is 17.8 Å². The van der Waals surface area contributed by atoms with Crippen LogP contribution in [0.5, 0.6) is 17.2 Å². The number of halogens is 2. The summed E-state index contributed by atoms with van der Waals surface area (Å²) < 4.78 is 45.6. The van der Waals surface area contributed by atoms with Crippen LogP contribution in [0.2, 0.25) is 0 Å². The largest absolute Gasteiger partial charge is 0.493 e. The van der Waals surface area contributed by atoms with Gasteiger partial charge >= 0.3 is 5.97 Å². The molecule has 9 nitrogen and oxygen atoms in total. The second-order valence-electron chi connectivity index (χ2n) is 10.8. The van der Waals surface area contributed by atoms with Crippen molar-refractivity contribution in [1.82, 2.24) is 10.3 Å². The van der Waals surface area contributed by atoms with Gasteiger partial charge in [-0.25, -0.2) is 8.78 Å². The number of carboxylic acid groups (broad SMARTS) is 1. The molecule has 11 heteroatoms. The number of carbonyl (C=O) groups is 3. The highest BCUT2D eigenvalue weighted by Crippen LogP contribution is 2.48. The topological polar surface area (TPSA) is 124 Å². The Kier molecular flexibility index (Phi) is 10.7. The van der Waals surface area contributed by atoms with Gasteiger partial charge in [-0.05, 0) is 62.3 Å². The second kappa shape index (κ2) is 14.7. The number of unbranched alkanes of at least 4 members (excludes halogenated alkanes) is 1. The molecule has 0 spiro atoms. The fraction of sp³-hybridized carbons (Fsp3) is 0.353. The zero-order chi connectivity index (χ0) is 32.6. The van der Waals surface area contributed by atoms with E-state index in [-0.39, 0.29) is 43.1 Å². The molecule has 2 aromatic rings.